The van der Waals surface area contributed by atoms with Gasteiger partial charge in [0.15, 0.2) is 0 Å². The van der Waals surface area contributed by atoms with Gasteiger partial charge in [0, 0.05) is 11.7 Å². The van der Waals surface area contributed by atoms with Crippen molar-refractivity contribution in [2.75, 3.05) is 12.8 Å². The summed E-state index contributed by atoms with van der Waals surface area (Å²) in [6.07, 6.45) is 0.911. The highest BCUT2D eigenvalue weighted by atomic mass is 31.1. The highest BCUT2D eigenvalue weighted by Crippen LogP contribution is 2.31. The van der Waals surface area contributed by atoms with E-state index >= 15 is 0 Å². The monoisotopic (exact) mass is 160 g/mol. The Balaban J connectivity index is 3.68. The number of carbonyl (C=O) groups excluding carboxylic acids is 1. The van der Waals surface area contributed by atoms with Gasteiger partial charge in [-0.2, -0.15) is 0 Å². The lowest BCUT2D eigenvalue weighted by molar-refractivity contribution is -0.129. The van der Waals surface area contributed by atoms with E-state index in [0.29, 0.717) is 5.57 Å². The third-order valence-corrected chi connectivity index (χ3v) is 2.40. The fraction of sp³-hybridized carbons (Fsp3) is 0.571. The molecule has 0 spiro atoms. The second kappa shape index (κ2) is 4.45. The zero-order valence-electron chi connectivity index (χ0n) is 6.68. The number of hydrogen-bond acceptors (Lipinski definition) is 2. The van der Waals surface area contributed by atoms with Gasteiger partial charge < -0.3 is 4.52 Å². The topological polar surface area (TPSA) is 26.3 Å². The van der Waals surface area contributed by atoms with Crippen molar-refractivity contribution in [2.45, 2.75) is 13.8 Å². The van der Waals surface area contributed by atoms with Crippen LogP contribution in [-0.2, 0) is 9.32 Å². The van der Waals surface area contributed by atoms with Crippen LogP contribution in [0.1, 0.15) is 13.8 Å². The molecule has 0 amide bonds. The van der Waals surface area contributed by atoms with Crippen molar-refractivity contribution in [3.05, 3.63) is 12.2 Å². The third-order valence-electron chi connectivity index (χ3n) is 1.03. The zero-order valence-corrected chi connectivity index (χ0v) is 7.57. The first-order valence-electron chi connectivity index (χ1n) is 3.16. The lowest BCUT2D eigenvalue weighted by Gasteiger charge is -2.08. The van der Waals surface area contributed by atoms with E-state index in [1.54, 1.807) is 6.92 Å². The van der Waals surface area contributed by atoms with Gasteiger partial charge in [-0.05, 0) is 13.6 Å². The minimum Gasteiger partial charge on any atom is -0.442 e. The fourth-order valence-corrected chi connectivity index (χ4v) is 0.852. The van der Waals surface area contributed by atoms with Crippen LogP contribution in [0.4, 0.5) is 0 Å². The molecule has 1 unspecified atom stereocenters. The molecule has 0 saturated carbocycles. The molecule has 0 saturated heterocycles. The first-order valence-corrected chi connectivity index (χ1v) is 5.06. The van der Waals surface area contributed by atoms with Crippen LogP contribution in [0, 0.1) is 0 Å². The molecule has 0 radical (unpaired) electrons. The summed E-state index contributed by atoms with van der Waals surface area (Å²) in [4.78, 5) is 10.8. The molecule has 58 valence electrons. The van der Waals surface area contributed by atoms with Crippen molar-refractivity contribution >= 4 is 14.1 Å². The van der Waals surface area contributed by atoms with Crippen molar-refractivity contribution in [3.63, 3.8) is 0 Å². The van der Waals surface area contributed by atoms with Crippen LogP contribution in [0.15, 0.2) is 12.2 Å². The highest BCUT2D eigenvalue weighted by Gasteiger charge is 2.06. The number of hydrogen-bond donors (Lipinski definition) is 0. The SMILES string of the molecule is C=C(C)C(=O)OP(C)CC. The zero-order chi connectivity index (χ0) is 8.15. The predicted octanol–water partition coefficient (Wildman–Crippen LogP) is 2.15. The van der Waals surface area contributed by atoms with Crippen molar-refractivity contribution < 1.29 is 9.32 Å². The van der Waals surface area contributed by atoms with Crippen LogP contribution in [0.2, 0.25) is 0 Å². The van der Waals surface area contributed by atoms with Crippen LogP contribution in [-0.4, -0.2) is 18.8 Å². The first-order chi connectivity index (χ1) is 4.57. The second-order valence-corrected chi connectivity index (χ2v) is 4.17. The molecule has 0 aromatic rings. The summed E-state index contributed by atoms with van der Waals surface area (Å²) in [5.41, 5.74) is 0.475. The maximum absolute atomic E-state index is 10.8. The molecule has 0 aliphatic heterocycles. The molecule has 0 N–H and O–H groups in total. The Kier molecular flexibility index (Phi) is 4.29. The van der Waals surface area contributed by atoms with Crippen LogP contribution >= 0.6 is 8.15 Å². The van der Waals surface area contributed by atoms with Crippen LogP contribution in [0.5, 0.6) is 0 Å². The van der Waals surface area contributed by atoms with Gasteiger partial charge in [0.2, 0.25) is 0 Å². The standard InChI is InChI=1S/C7H13O2P/c1-5-10(4)9-7(8)6(2)3/h2,5H2,1,3-4H3. The number of rotatable bonds is 3. The lowest BCUT2D eigenvalue weighted by Crippen LogP contribution is -2.00. The summed E-state index contributed by atoms with van der Waals surface area (Å²) < 4.78 is 4.99. The summed E-state index contributed by atoms with van der Waals surface area (Å²) in [5.74, 6) is -0.268. The first kappa shape index (κ1) is 9.64. The van der Waals surface area contributed by atoms with E-state index in [9.17, 15) is 4.79 Å². The maximum Gasteiger partial charge on any atom is 0.335 e. The third kappa shape index (κ3) is 3.62. The maximum atomic E-state index is 10.8. The summed E-state index contributed by atoms with van der Waals surface area (Å²) in [6, 6.07) is 0. The van der Waals surface area contributed by atoms with Crippen molar-refractivity contribution in [2.24, 2.45) is 0 Å². The van der Waals surface area contributed by atoms with E-state index in [0.717, 1.165) is 6.16 Å². The smallest absolute Gasteiger partial charge is 0.335 e. The molecule has 0 fully saturated rings. The molecular formula is C7H13O2P. The molecule has 10 heavy (non-hydrogen) atoms. The fourth-order valence-electron chi connectivity index (χ4n) is 0.284. The molecule has 0 aliphatic rings. The molecular weight excluding hydrogens is 147 g/mol. The van der Waals surface area contributed by atoms with Crippen molar-refractivity contribution in [1.29, 1.82) is 0 Å². The molecule has 0 aliphatic carbocycles. The second-order valence-electron chi connectivity index (χ2n) is 2.10. The average Bonchev–Trinajstić information content (AvgIpc) is 1.87. The van der Waals surface area contributed by atoms with Gasteiger partial charge >= 0.3 is 5.97 Å². The van der Waals surface area contributed by atoms with Crippen molar-refractivity contribution in [1.82, 2.24) is 0 Å². The Bertz CT molecular complexity index is 143. The quantitative estimate of drug-likeness (QED) is 0.467. The van der Waals surface area contributed by atoms with E-state index in [1.807, 2.05) is 13.6 Å². The molecule has 0 heterocycles. The minimum atomic E-state index is -0.561. The van der Waals surface area contributed by atoms with E-state index in [-0.39, 0.29) is 5.97 Å². The largest absolute Gasteiger partial charge is 0.442 e. The number of carbonyl (C=O) groups is 1. The van der Waals surface area contributed by atoms with Gasteiger partial charge in [-0.15, -0.1) is 0 Å². The minimum absolute atomic E-state index is 0.268. The van der Waals surface area contributed by atoms with Gasteiger partial charge in [-0.25, -0.2) is 4.79 Å². The lowest BCUT2D eigenvalue weighted by atomic mass is 10.4. The Morgan fingerprint density at radius 1 is 1.70 bits per heavy atom. The molecule has 0 rings (SSSR count). The van der Waals surface area contributed by atoms with Crippen LogP contribution < -0.4 is 0 Å². The summed E-state index contributed by atoms with van der Waals surface area (Å²) in [5, 5.41) is 0. The molecule has 0 bridgehead atoms. The summed E-state index contributed by atoms with van der Waals surface area (Å²) in [7, 11) is -0.561. The van der Waals surface area contributed by atoms with E-state index in [4.69, 9.17) is 4.52 Å². The predicted molar refractivity (Wildman–Crippen MR) is 44.3 cm³/mol. The van der Waals surface area contributed by atoms with Crippen LogP contribution in [0.25, 0.3) is 0 Å². The van der Waals surface area contributed by atoms with Gasteiger partial charge in [-0.3, -0.25) is 0 Å². The molecule has 1 atom stereocenters. The van der Waals surface area contributed by atoms with Gasteiger partial charge in [-0.1, -0.05) is 13.5 Å². The Morgan fingerprint density at radius 3 is 2.50 bits per heavy atom. The average molecular weight is 160 g/mol. The highest BCUT2D eigenvalue weighted by molar-refractivity contribution is 7.52. The Labute approximate surface area is 63.1 Å². The normalized spacial score (nSPS) is 12.3. The summed E-state index contributed by atoms with van der Waals surface area (Å²) in [6.45, 7) is 9.06. The van der Waals surface area contributed by atoms with Crippen LogP contribution in [0.3, 0.4) is 0 Å². The summed E-state index contributed by atoms with van der Waals surface area (Å²) >= 11 is 0. The van der Waals surface area contributed by atoms with Crippen molar-refractivity contribution in [3.8, 4) is 0 Å². The van der Waals surface area contributed by atoms with E-state index < -0.39 is 8.15 Å². The van der Waals surface area contributed by atoms with E-state index in [2.05, 4.69) is 6.58 Å². The van der Waals surface area contributed by atoms with Gasteiger partial charge in [0.05, 0.1) is 8.15 Å². The van der Waals surface area contributed by atoms with E-state index in [1.165, 1.54) is 0 Å². The molecule has 3 heteroatoms. The Hall–Kier alpha value is -0.360. The Morgan fingerprint density at radius 2 is 2.20 bits per heavy atom. The van der Waals surface area contributed by atoms with Gasteiger partial charge in [0.1, 0.15) is 0 Å². The molecule has 0 aromatic heterocycles. The molecule has 2 nitrogen and oxygen atoms in total. The van der Waals surface area contributed by atoms with Gasteiger partial charge in [0.25, 0.3) is 0 Å². The molecule has 0 aromatic carbocycles.